The summed E-state index contributed by atoms with van der Waals surface area (Å²) in [6.45, 7) is 2.52. The number of aromatic nitrogens is 2. The zero-order valence-corrected chi connectivity index (χ0v) is 7.51. The Morgan fingerprint density at radius 2 is 2.75 bits per heavy atom. The monoisotopic (exact) mass is 185 g/mol. The van der Waals surface area contributed by atoms with Crippen LogP contribution in [0.3, 0.4) is 0 Å². The molecule has 1 saturated heterocycles. The molecular weight excluding hydrogens is 174 g/mol. The average molecular weight is 185 g/mol. The van der Waals surface area contributed by atoms with E-state index in [1.165, 1.54) is 11.5 Å². The van der Waals surface area contributed by atoms with Gasteiger partial charge in [-0.3, -0.25) is 0 Å². The normalized spacial score (nSPS) is 23.2. The second-order valence-corrected chi connectivity index (χ2v) is 3.45. The summed E-state index contributed by atoms with van der Waals surface area (Å²) in [4.78, 5) is 0. The highest BCUT2D eigenvalue weighted by Crippen LogP contribution is 2.04. The summed E-state index contributed by atoms with van der Waals surface area (Å²) in [6.07, 6.45) is 1.11. The number of nitrogens with one attached hydrogen (secondary N) is 1. The average Bonchev–Trinajstić information content (AvgIpc) is 2.74. The van der Waals surface area contributed by atoms with Gasteiger partial charge >= 0.3 is 0 Å². The van der Waals surface area contributed by atoms with Crippen LogP contribution in [0.25, 0.3) is 0 Å². The fraction of sp³-hybridized carbons (Fsp3) is 0.714. The molecule has 0 spiro atoms. The van der Waals surface area contributed by atoms with Gasteiger partial charge in [-0.25, -0.2) is 0 Å². The van der Waals surface area contributed by atoms with Crippen LogP contribution in [0.15, 0.2) is 5.38 Å². The van der Waals surface area contributed by atoms with Gasteiger partial charge in [-0.2, -0.15) is 0 Å². The zero-order chi connectivity index (χ0) is 8.23. The molecular formula is C7H11N3OS. The summed E-state index contributed by atoms with van der Waals surface area (Å²) in [6, 6.07) is 0.506. The molecule has 1 aromatic heterocycles. The third-order valence-corrected chi connectivity index (χ3v) is 2.46. The van der Waals surface area contributed by atoms with Gasteiger partial charge in [-0.1, -0.05) is 4.49 Å². The van der Waals surface area contributed by atoms with Crippen LogP contribution in [0.4, 0.5) is 0 Å². The maximum Gasteiger partial charge on any atom is 0.0893 e. The van der Waals surface area contributed by atoms with E-state index >= 15 is 0 Å². The van der Waals surface area contributed by atoms with E-state index in [2.05, 4.69) is 14.9 Å². The highest BCUT2D eigenvalue weighted by atomic mass is 32.1. The van der Waals surface area contributed by atoms with Gasteiger partial charge in [0.25, 0.3) is 0 Å². The Labute approximate surface area is 75.1 Å². The molecule has 0 bridgehead atoms. The van der Waals surface area contributed by atoms with Gasteiger partial charge in [0.1, 0.15) is 0 Å². The fourth-order valence-electron chi connectivity index (χ4n) is 1.21. The van der Waals surface area contributed by atoms with Crippen molar-refractivity contribution in [2.75, 3.05) is 13.2 Å². The first-order valence-electron chi connectivity index (χ1n) is 4.02. The molecule has 66 valence electrons. The summed E-state index contributed by atoms with van der Waals surface area (Å²) < 4.78 is 9.02. The quantitative estimate of drug-likeness (QED) is 0.741. The Morgan fingerprint density at radius 3 is 3.42 bits per heavy atom. The molecule has 5 heteroatoms. The molecule has 1 unspecified atom stereocenters. The maximum atomic E-state index is 5.23. The molecule has 0 aromatic carbocycles. The molecule has 2 rings (SSSR count). The molecule has 12 heavy (non-hydrogen) atoms. The van der Waals surface area contributed by atoms with Crippen LogP contribution in [0.5, 0.6) is 0 Å². The van der Waals surface area contributed by atoms with E-state index < -0.39 is 0 Å². The molecule has 0 radical (unpaired) electrons. The second-order valence-electron chi connectivity index (χ2n) is 2.84. The smallest absolute Gasteiger partial charge is 0.0893 e. The van der Waals surface area contributed by atoms with E-state index in [-0.39, 0.29) is 0 Å². The van der Waals surface area contributed by atoms with Crippen molar-refractivity contribution in [3.05, 3.63) is 11.1 Å². The summed E-state index contributed by atoms with van der Waals surface area (Å²) in [5.74, 6) is 0. The molecule has 1 aromatic rings. The Hall–Kier alpha value is -0.520. The summed E-state index contributed by atoms with van der Waals surface area (Å²) >= 11 is 1.39. The van der Waals surface area contributed by atoms with Crippen LogP contribution in [-0.2, 0) is 11.3 Å². The Balaban J connectivity index is 1.74. The molecule has 1 N–H and O–H groups in total. The first-order valence-corrected chi connectivity index (χ1v) is 4.86. The van der Waals surface area contributed by atoms with Crippen molar-refractivity contribution in [1.29, 1.82) is 0 Å². The Bertz CT molecular complexity index is 221. The molecule has 2 heterocycles. The van der Waals surface area contributed by atoms with Gasteiger partial charge < -0.3 is 10.1 Å². The molecule has 0 aliphatic carbocycles. The number of ether oxygens (including phenoxy) is 1. The zero-order valence-electron chi connectivity index (χ0n) is 6.69. The summed E-state index contributed by atoms with van der Waals surface area (Å²) in [5, 5.41) is 9.27. The lowest BCUT2D eigenvalue weighted by Crippen LogP contribution is -2.28. The van der Waals surface area contributed by atoms with Crippen molar-refractivity contribution < 1.29 is 4.74 Å². The van der Waals surface area contributed by atoms with Crippen LogP contribution in [0.2, 0.25) is 0 Å². The van der Waals surface area contributed by atoms with Crippen LogP contribution >= 0.6 is 11.5 Å². The summed E-state index contributed by atoms with van der Waals surface area (Å²) in [7, 11) is 0. The summed E-state index contributed by atoms with van der Waals surface area (Å²) in [5.41, 5.74) is 1.02. The van der Waals surface area contributed by atoms with E-state index in [0.29, 0.717) is 6.04 Å². The van der Waals surface area contributed by atoms with Gasteiger partial charge in [0.15, 0.2) is 0 Å². The van der Waals surface area contributed by atoms with Gasteiger partial charge in [-0.15, -0.1) is 5.10 Å². The van der Waals surface area contributed by atoms with E-state index in [4.69, 9.17) is 4.74 Å². The SMILES string of the molecule is c1snnc1CNC1CCOC1. The van der Waals surface area contributed by atoms with E-state index in [9.17, 15) is 0 Å². The van der Waals surface area contributed by atoms with Crippen LogP contribution in [0, 0.1) is 0 Å². The standard InChI is InChI=1S/C7H11N3OS/c1-2-11-4-6(1)8-3-7-5-12-10-9-7/h5-6,8H,1-4H2. The van der Waals surface area contributed by atoms with Gasteiger partial charge in [0, 0.05) is 24.6 Å². The van der Waals surface area contributed by atoms with Crippen LogP contribution < -0.4 is 5.32 Å². The number of nitrogens with zero attached hydrogens (tertiary/aromatic N) is 2. The maximum absolute atomic E-state index is 5.23. The molecule has 1 fully saturated rings. The lowest BCUT2D eigenvalue weighted by atomic mass is 10.2. The molecule has 4 nitrogen and oxygen atoms in total. The van der Waals surface area contributed by atoms with Crippen molar-refractivity contribution in [3.8, 4) is 0 Å². The predicted octanol–water partition coefficient (Wildman–Crippen LogP) is 0.417. The minimum atomic E-state index is 0.506. The largest absolute Gasteiger partial charge is 0.380 e. The van der Waals surface area contributed by atoms with E-state index in [1.54, 1.807) is 0 Å². The van der Waals surface area contributed by atoms with Crippen molar-refractivity contribution in [2.45, 2.75) is 19.0 Å². The van der Waals surface area contributed by atoms with E-state index in [1.807, 2.05) is 5.38 Å². The van der Waals surface area contributed by atoms with E-state index in [0.717, 1.165) is 31.9 Å². The third-order valence-electron chi connectivity index (χ3n) is 1.91. The van der Waals surface area contributed by atoms with Crippen LogP contribution in [0.1, 0.15) is 12.1 Å². The fourth-order valence-corrected chi connectivity index (χ4v) is 1.66. The van der Waals surface area contributed by atoms with Crippen molar-refractivity contribution in [2.24, 2.45) is 0 Å². The first-order chi connectivity index (χ1) is 5.95. The first kappa shape index (κ1) is 8.10. The lowest BCUT2D eigenvalue weighted by Gasteiger charge is -2.07. The third kappa shape index (κ3) is 2.00. The topological polar surface area (TPSA) is 47.0 Å². The minimum Gasteiger partial charge on any atom is -0.380 e. The molecule has 0 saturated carbocycles. The predicted molar refractivity (Wildman–Crippen MR) is 46.0 cm³/mol. The molecule has 1 atom stereocenters. The van der Waals surface area contributed by atoms with Gasteiger partial charge in [-0.05, 0) is 18.0 Å². The second kappa shape index (κ2) is 3.93. The minimum absolute atomic E-state index is 0.506. The number of hydrogen-bond acceptors (Lipinski definition) is 5. The molecule has 1 aliphatic rings. The number of rotatable bonds is 3. The van der Waals surface area contributed by atoms with Gasteiger partial charge in [0.05, 0.1) is 12.3 Å². The molecule has 1 aliphatic heterocycles. The van der Waals surface area contributed by atoms with Crippen molar-refractivity contribution in [3.63, 3.8) is 0 Å². The van der Waals surface area contributed by atoms with Crippen molar-refractivity contribution in [1.82, 2.24) is 14.9 Å². The molecule has 0 amide bonds. The van der Waals surface area contributed by atoms with Crippen LogP contribution in [-0.4, -0.2) is 28.8 Å². The lowest BCUT2D eigenvalue weighted by molar-refractivity contribution is 0.189. The highest BCUT2D eigenvalue weighted by molar-refractivity contribution is 7.03. The highest BCUT2D eigenvalue weighted by Gasteiger charge is 2.14. The Kier molecular flexibility index (Phi) is 2.65. The van der Waals surface area contributed by atoms with Crippen molar-refractivity contribution >= 4 is 11.5 Å². The van der Waals surface area contributed by atoms with Gasteiger partial charge in [0.2, 0.25) is 0 Å². The number of hydrogen-bond donors (Lipinski definition) is 1. The Morgan fingerprint density at radius 1 is 1.75 bits per heavy atom.